The van der Waals surface area contributed by atoms with Gasteiger partial charge in [0, 0.05) is 5.56 Å². The number of benzene rings is 1. The van der Waals surface area contributed by atoms with Gasteiger partial charge in [0.2, 0.25) is 0 Å². The molecule has 1 aromatic rings. The third-order valence-electron chi connectivity index (χ3n) is 1.92. The molecule has 0 heterocycles. The van der Waals surface area contributed by atoms with Crippen LogP contribution in [-0.2, 0) is 6.42 Å². The van der Waals surface area contributed by atoms with Crippen molar-refractivity contribution < 1.29 is 8.78 Å². The minimum atomic E-state index is -0.448. The van der Waals surface area contributed by atoms with Crippen LogP contribution in [0.3, 0.4) is 0 Å². The van der Waals surface area contributed by atoms with E-state index in [1.165, 1.54) is 18.2 Å². The summed E-state index contributed by atoms with van der Waals surface area (Å²) in [6, 6.07) is 3.96. The van der Waals surface area contributed by atoms with Gasteiger partial charge in [-0.25, -0.2) is 8.78 Å². The van der Waals surface area contributed by atoms with Crippen LogP contribution < -0.4 is 5.32 Å². The minimum absolute atomic E-state index is 0.192. The zero-order chi connectivity index (χ0) is 9.68. The first-order valence-electron chi connectivity index (χ1n) is 4.33. The molecule has 0 fully saturated rings. The largest absolute Gasteiger partial charge is 0.320 e. The van der Waals surface area contributed by atoms with E-state index in [1.807, 2.05) is 7.05 Å². The summed E-state index contributed by atoms with van der Waals surface area (Å²) >= 11 is 0. The third-order valence-corrected chi connectivity index (χ3v) is 1.92. The molecule has 0 saturated carbocycles. The Bertz CT molecular complexity index is 253. The van der Waals surface area contributed by atoms with Crippen LogP contribution in [0.2, 0.25) is 0 Å². The fourth-order valence-corrected chi connectivity index (χ4v) is 1.21. The maximum Gasteiger partial charge on any atom is 0.129 e. The van der Waals surface area contributed by atoms with Gasteiger partial charge < -0.3 is 5.32 Å². The Kier molecular flexibility index (Phi) is 3.83. The summed E-state index contributed by atoms with van der Waals surface area (Å²) in [5, 5.41) is 2.93. The summed E-state index contributed by atoms with van der Waals surface area (Å²) in [5.74, 6) is -0.896. The molecule has 13 heavy (non-hydrogen) atoms. The van der Waals surface area contributed by atoms with Crippen molar-refractivity contribution in [1.82, 2.24) is 5.32 Å². The Morgan fingerprint density at radius 1 is 1.23 bits per heavy atom. The first kappa shape index (κ1) is 10.1. The molecule has 0 radical (unpaired) electrons. The van der Waals surface area contributed by atoms with Crippen LogP contribution in [-0.4, -0.2) is 13.6 Å². The molecule has 0 aliphatic rings. The highest BCUT2D eigenvalue weighted by atomic mass is 19.1. The van der Waals surface area contributed by atoms with Crippen LogP contribution in [0.4, 0.5) is 8.78 Å². The first-order valence-corrected chi connectivity index (χ1v) is 4.33. The van der Waals surface area contributed by atoms with Gasteiger partial charge in [0.05, 0.1) is 0 Å². The maximum atomic E-state index is 13.0. The highest BCUT2D eigenvalue weighted by Gasteiger charge is 2.06. The van der Waals surface area contributed by atoms with Gasteiger partial charge in [0.1, 0.15) is 11.6 Å². The van der Waals surface area contributed by atoms with E-state index in [4.69, 9.17) is 0 Å². The molecule has 0 bridgehead atoms. The van der Waals surface area contributed by atoms with E-state index < -0.39 is 11.6 Å². The lowest BCUT2D eigenvalue weighted by Gasteiger charge is -2.03. The molecule has 0 saturated heterocycles. The lowest BCUT2D eigenvalue weighted by atomic mass is 10.1. The average molecular weight is 185 g/mol. The van der Waals surface area contributed by atoms with Gasteiger partial charge in [-0.3, -0.25) is 0 Å². The molecule has 1 aromatic carbocycles. The Balaban J connectivity index is 2.64. The SMILES string of the molecule is CNCCCc1c(F)cccc1F. The Morgan fingerprint density at radius 2 is 1.85 bits per heavy atom. The second-order valence-electron chi connectivity index (χ2n) is 2.91. The van der Waals surface area contributed by atoms with Crippen molar-refractivity contribution in [3.8, 4) is 0 Å². The molecule has 0 spiro atoms. The van der Waals surface area contributed by atoms with E-state index in [2.05, 4.69) is 5.32 Å². The molecule has 1 rings (SSSR count). The van der Waals surface area contributed by atoms with Gasteiger partial charge in [0.25, 0.3) is 0 Å². The maximum absolute atomic E-state index is 13.0. The van der Waals surface area contributed by atoms with Crippen molar-refractivity contribution in [3.05, 3.63) is 35.4 Å². The minimum Gasteiger partial charge on any atom is -0.320 e. The van der Waals surface area contributed by atoms with Gasteiger partial charge in [-0.1, -0.05) is 6.07 Å². The topological polar surface area (TPSA) is 12.0 Å². The molecule has 3 heteroatoms. The molecule has 0 unspecified atom stereocenters. The van der Waals surface area contributed by atoms with Crippen LogP contribution >= 0.6 is 0 Å². The summed E-state index contributed by atoms with van der Waals surface area (Å²) in [6.45, 7) is 0.772. The summed E-state index contributed by atoms with van der Waals surface area (Å²) in [4.78, 5) is 0. The zero-order valence-electron chi connectivity index (χ0n) is 7.61. The van der Waals surface area contributed by atoms with Crippen molar-refractivity contribution >= 4 is 0 Å². The smallest absolute Gasteiger partial charge is 0.129 e. The average Bonchev–Trinajstić information content (AvgIpc) is 2.10. The van der Waals surface area contributed by atoms with Crippen LogP contribution in [0.25, 0.3) is 0 Å². The molecule has 0 atom stereocenters. The first-order chi connectivity index (χ1) is 6.25. The van der Waals surface area contributed by atoms with Crippen molar-refractivity contribution in [1.29, 1.82) is 0 Å². The van der Waals surface area contributed by atoms with E-state index in [0.717, 1.165) is 13.0 Å². The Labute approximate surface area is 76.8 Å². The van der Waals surface area contributed by atoms with Crippen molar-refractivity contribution in [2.45, 2.75) is 12.8 Å². The lowest BCUT2D eigenvalue weighted by molar-refractivity contribution is 0.547. The molecule has 0 amide bonds. The summed E-state index contributed by atoms with van der Waals surface area (Å²) in [6.07, 6.45) is 1.19. The van der Waals surface area contributed by atoms with Crippen molar-refractivity contribution in [2.75, 3.05) is 13.6 Å². The molecular weight excluding hydrogens is 172 g/mol. The van der Waals surface area contributed by atoms with Gasteiger partial charge in [-0.05, 0) is 38.6 Å². The quantitative estimate of drug-likeness (QED) is 0.708. The van der Waals surface area contributed by atoms with Gasteiger partial charge in [-0.2, -0.15) is 0 Å². The molecule has 0 aliphatic carbocycles. The molecule has 1 N–H and O–H groups in total. The number of rotatable bonds is 4. The van der Waals surface area contributed by atoms with Crippen molar-refractivity contribution in [3.63, 3.8) is 0 Å². The highest BCUT2D eigenvalue weighted by Crippen LogP contribution is 2.13. The van der Waals surface area contributed by atoms with E-state index in [0.29, 0.717) is 6.42 Å². The van der Waals surface area contributed by atoms with Crippen LogP contribution in [0.1, 0.15) is 12.0 Å². The molecule has 0 aliphatic heterocycles. The van der Waals surface area contributed by atoms with Crippen LogP contribution in [0.5, 0.6) is 0 Å². The number of hydrogen-bond donors (Lipinski definition) is 1. The predicted octanol–water partition coefficient (Wildman–Crippen LogP) is 2.12. The number of hydrogen-bond acceptors (Lipinski definition) is 1. The fourth-order valence-electron chi connectivity index (χ4n) is 1.21. The van der Waals surface area contributed by atoms with E-state index in [1.54, 1.807) is 0 Å². The van der Waals surface area contributed by atoms with E-state index >= 15 is 0 Å². The number of nitrogens with one attached hydrogen (secondary N) is 1. The van der Waals surface area contributed by atoms with Gasteiger partial charge >= 0.3 is 0 Å². The third kappa shape index (κ3) is 2.77. The van der Waals surface area contributed by atoms with E-state index in [9.17, 15) is 8.78 Å². The predicted molar refractivity (Wildman–Crippen MR) is 48.6 cm³/mol. The highest BCUT2D eigenvalue weighted by molar-refractivity contribution is 5.19. The molecular formula is C10H13F2N. The Hall–Kier alpha value is -0.960. The Morgan fingerprint density at radius 3 is 2.38 bits per heavy atom. The molecule has 72 valence electrons. The second kappa shape index (κ2) is 4.92. The summed E-state index contributed by atoms with van der Waals surface area (Å²) in [7, 11) is 1.82. The zero-order valence-corrected chi connectivity index (χ0v) is 7.61. The lowest BCUT2D eigenvalue weighted by Crippen LogP contribution is -2.09. The standard InChI is InChI=1S/C10H13F2N/c1-13-7-3-4-8-9(11)5-2-6-10(8)12/h2,5-6,13H,3-4,7H2,1H3. The van der Waals surface area contributed by atoms with Crippen molar-refractivity contribution in [2.24, 2.45) is 0 Å². The van der Waals surface area contributed by atoms with Gasteiger partial charge in [-0.15, -0.1) is 0 Å². The normalized spacial score (nSPS) is 10.4. The molecule has 0 aromatic heterocycles. The molecule has 1 nitrogen and oxygen atoms in total. The summed E-state index contributed by atoms with van der Waals surface area (Å²) < 4.78 is 26.0. The van der Waals surface area contributed by atoms with Crippen LogP contribution in [0.15, 0.2) is 18.2 Å². The summed E-state index contributed by atoms with van der Waals surface area (Å²) in [5.41, 5.74) is 0.192. The number of halogens is 2. The van der Waals surface area contributed by atoms with Gasteiger partial charge in [0.15, 0.2) is 0 Å². The monoisotopic (exact) mass is 185 g/mol. The van der Waals surface area contributed by atoms with E-state index in [-0.39, 0.29) is 5.56 Å². The fraction of sp³-hybridized carbons (Fsp3) is 0.400. The second-order valence-corrected chi connectivity index (χ2v) is 2.91. The van der Waals surface area contributed by atoms with Crippen LogP contribution in [0, 0.1) is 11.6 Å².